The zero-order valence-electron chi connectivity index (χ0n) is 5.90. The van der Waals surface area contributed by atoms with Crippen molar-refractivity contribution < 1.29 is 9.90 Å². The van der Waals surface area contributed by atoms with Crippen molar-refractivity contribution in [3.05, 3.63) is 48.2 Å². The van der Waals surface area contributed by atoms with Gasteiger partial charge in [0.25, 0.3) is 0 Å². The molecule has 0 radical (unpaired) electrons. The number of ketones is 1. The lowest BCUT2D eigenvalue weighted by molar-refractivity contribution is 0.104. The van der Waals surface area contributed by atoms with E-state index in [1.807, 2.05) is 6.07 Å². The van der Waals surface area contributed by atoms with Crippen molar-refractivity contribution in [1.82, 2.24) is 0 Å². The number of aliphatic hydroxyl groups is 1. The molecule has 0 atom stereocenters. The summed E-state index contributed by atoms with van der Waals surface area (Å²) in [6.45, 7) is 0. The molecule has 2 heteroatoms. The molecular formula is C9H8O2. The highest BCUT2D eigenvalue weighted by Crippen LogP contribution is 1.99. The monoisotopic (exact) mass is 148 g/mol. The molecule has 1 aromatic rings. The minimum absolute atomic E-state index is 0.187. The smallest absolute Gasteiger partial charge is 0.188 e. The van der Waals surface area contributed by atoms with Crippen molar-refractivity contribution in [2.45, 2.75) is 0 Å². The Labute approximate surface area is 64.8 Å². The molecular weight excluding hydrogens is 140 g/mol. The van der Waals surface area contributed by atoms with Gasteiger partial charge in [-0.2, -0.15) is 0 Å². The van der Waals surface area contributed by atoms with E-state index >= 15 is 0 Å². The number of rotatable bonds is 2. The standard InChI is InChI=1S/C9H8O2/c10-7-6-9(11)8-4-2-1-3-5-8/h1-7,10H/b7-6+. The van der Waals surface area contributed by atoms with Gasteiger partial charge in [0.05, 0.1) is 6.26 Å². The fourth-order valence-electron chi connectivity index (χ4n) is 0.766. The number of benzene rings is 1. The molecule has 0 amide bonds. The van der Waals surface area contributed by atoms with Gasteiger partial charge in [0.2, 0.25) is 0 Å². The van der Waals surface area contributed by atoms with Crippen LogP contribution < -0.4 is 0 Å². The lowest BCUT2D eigenvalue weighted by atomic mass is 10.1. The Morgan fingerprint density at radius 2 is 1.91 bits per heavy atom. The van der Waals surface area contributed by atoms with E-state index in [9.17, 15) is 4.79 Å². The van der Waals surface area contributed by atoms with Crippen LogP contribution in [-0.2, 0) is 0 Å². The van der Waals surface area contributed by atoms with Crippen LogP contribution in [0.15, 0.2) is 42.7 Å². The molecule has 2 nitrogen and oxygen atoms in total. The second-order valence-electron chi connectivity index (χ2n) is 2.05. The molecule has 0 aliphatic heterocycles. The predicted octanol–water partition coefficient (Wildman–Crippen LogP) is 1.94. The SMILES string of the molecule is O=C(/C=C/O)c1ccccc1. The average Bonchev–Trinajstić information content (AvgIpc) is 2.07. The van der Waals surface area contributed by atoms with Crippen molar-refractivity contribution in [3.63, 3.8) is 0 Å². The summed E-state index contributed by atoms with van der Waals surface area (Å²) in [7, 11) is 0. The Bertz CT molecular complexity index is 262. The lowest BCUT2D eigenvalue weighted by Crippen LogP contribution is -1.92. The summed E-state index contributed by atoms with van der Waals surface area (Å²) in [6.07, 6.45) is 1.87. The number of aliphatic hydroxyl groups excluding tert-OH is 1. The number of carbonyl (C=O) groups excluding carboxylic acids is 1. The minimum atomic E-state index is -0.187. The minimum Gasteiger partial charge on any atom is -0.515 e. The highest BCUT2D eigenvalue weighted by atomic mass is 16.2. The summed E-state index contributed by atoms with van der Waals surface area (Å²) in [6, 6.07) is 8.78. The largest absolute Gasteiger partial charge is 0.515 e. The van der Waals surface area contributed by atoms with Gasteiger partial charge in [0.15, 0.2) is 5.78 Å². The molecule has 0 fully saturated rings. The van der Waals surface area contributed by atoms with E-state index < -0.39 is 0 Å². The van der Waals surface area contributed by atoms with Crippen LogP contribution >= 0.6 is 0 Å². The fourth-order valence-corrected chi connectivity index (χ4v) is 0.766. The van der Waals surface area contributed by atoms with Gasteiger partial charge in [0.1, 0.15) is 0 Å². The van der Waals surface area contributed by atoms with Gasteiger partial charge in [-0.3, -0.25) is 4.79 Å². The highest BCUT2D eigenvalue weighted by molar-refractivity contribution is 6.04. The summed E-state index contributed by atoms with van der Waals surface area (Å²) in [4.78, 5) is 11.0. The van der Waals surface area contributed by atoms with E-state index in [1.54, 1.807) is 24.3 Å². The molecule has 11 heavy (non-hydrogen) atoms. The van der Waals surface area contributed by atoms with Gasteiger partial charge in [-0.25, -0.2) is 0 Å². The van der Waals surface area contributed by atoms with E-state index in [0.29, 0.717) is 5.56 Å². The van der Waals surface area contributed by atoms with E-state index in [2.05, 4.69) is 0 Å². The van der Waals surface area contributed by atoms with E-state index in [-0.39, 0.29) is 5.78 Å². The molecule has 1 N–H and O–H groups in total. The van der Waals surface area contributed by atoms with Crippen LogP contribution in [-0.4, -0.2) is 10.9 Å². The Balaban J connectivity index is 2.86. The molecule has 0 aliphatic carbocycles. The number of allylic oxidation sites excluding steroid dienone is 1. The van der Waals surface area contributed by atoms with Crippen molar-refractivity contribution >= 4 is 5.78 Å². The van der Waals surface area contributed by atoms with Crippen LogP contribution in [0.3, 0.4) is 0 Å². The topological polar surface area (TPSA) is 37.3 Å². The summed E-state index contributed by atoms with van der Waals surface area (Å²) < 4.78 is 0. The van der Waals surface area contributed by atoms with Gasteiger partial charge in [-0.15, -0.1) is 0 Å². The maximum atomic E-state index is 11.0. The second kappa shape index (κ2) is 3.56. The number of hydrogen-bond donors (Lipinski definition) is 1. The molecule has 1 aromatic carbocycles. The zero-order chi connectivity index (χ0) is 8.10. The number of carbonyl (C=O) groups is 1. The van der Waals surface area contributed by atoms with Crippen LogP contribution in [0, 0.1) is 0 Å². The molecule has 0 unspecified atom stereocenters. The van der Waals surface area contributed by atoms with Crippen molar-refractivity contribution in [1.29, 1.82) is 0 Å². The molecule has 0 bridgehead atoms. The molecule has 0 saturated carbocycles. The molecule has 56 valence electrons. The molecule has 0 spiro atoms. The molecule has 0 heterocycles. The third-order valence-corrected chi connectivity index (χ3v) is 1.28. The van der Waals surface area contributed by atoms with Crippen LogP contribution in [0.4, 0.5) is 0 Å². The maximum absolute atomic E-state index is 11.0. The third-order valence-electron chi connectivity index (χ3n) is 1.28. The Morgan fingerprint density at radius 3 is 2.45 bits per heavy atom. The van der Waals surface area contributed by atoms with Crippen LogP contribution in [0.5, 0.6) is 0 Å². The predicted molar refractivity (Wildman–Crippen MR) is 42.5 cm³/mol. The Kier molecular flexibility index (Phi) is 2.44. The summed E-state index contributed by atoms with van der Waals surface area (Å²) in [5, 5.41) is 8.30. The molecule has 0 aliphatic rings. The Morgan fingerprint density at radius 1 is 1.27 bits per heavy atom. The highest BCUT2D eigenvalue weighted by Gasteiger charge is 1.97. The molecule has 0 saturated heterocycles. The number of hydrogen-bond acceptors (Lipinski definition) is 2. The third kappa shape index (κ3) is 1.93. The first-order valence-electron chi connectivity index (χ1n) is 3.25. The van der Waals surface area contributed by atoms with Gasteiger partial charge < -0.3 is 5.11 Å². The van der Waals surface area contributed by atoms with Gasteiger partial charge in [-0.1, -0.05) is 30.3 Å². The lowest BCUT2D eigenvalue weighted by Gasteiger charge is -1.91. The summed E-state index contributed by atoms with van der Waals surface area (Å²) >= 11 is 0. The first-order valence-corrected chi connectivity index (χ1v) is 3.25. The van der Waals surface area contributed by atoms with E-state index in [4.69, 9.17) is 5.11 Å². The second-order valence-corrected chi connectivity index (χ2v) is 2.05. The Hall–Kier alpha value is -1.57. The first-order chi connectivity index (χ1) is 5.34. The van der Waals surface area contributed by atoms with Crippen LogP contribution in [0.25, 0.3) is 0 Å². The normalized spacial score (nSPS) is 10.2. The molecule has 0 aromatic heterocycles. The summed E-state index contributed by atoms with van der Waals surface area (Å²) in [5.74, 6) is -0.187. The van der Waals surface area contributed by atoms with Gasteiger partial charge >= 0.3 is 0 Å². The fraction of sp³-hybridized carbons (Fsp3) is 0. The van der Waals surface area contributed by atoms with E-state index in [1.165, 1.54) is 0 Å². The van der Waals surface area contributed by atoms with Gasteiger partial charge in [-0.05, 0) is 0 Å². The molecule has 1 rings (SSSR count). The quantitative estimate of drug-likeness (QED) is 0.395. The van der Waals surface area contributed by atoms with Gasteiger partial charge in [0, 0.05) is 11.6 Å². The maximum Gasteiger partial charge on any atom is 0.188 e. The van der Waals surface area contributed by atoms with Crippen LogP contribution in [0.2, 0.25) is 0 Å². The van der Waals surface area contributed by atoms with Crippen molar-refractivity contribution in [3.8, 4) is 0 Å². The van der Waals surface area contributed by atoms with Crippen molar-refractivity contribution in [2.75, 3.05) is 0 Å². The van der Waals surface area contributed by atoms with E-state index in [0.717, 1.165) is 12.3 Å². The van der Waals surface area contributed by atoms with Crippen molar-refractivity contribution in [2.24, 2.45) is 0 Å². The average molecular weight is 148 g/mol. The van der Waals surface area contributed by atoms with Crippen LogP contribution in [0.1, 0.15) is 10.4 Å². The summed E-state index contributed by atoms with van der Waals surface area (Å²) in [5.41, 5.74) is 0.581. The first kappa shape index (κ1) is 7.54. The zero-order valence-corrected chi connectivity index (χ0v) is 5.90.